The highest BCUT2D eigenvalue weighted by atomic mass is 35.5. The van der Waals surface area contributed by atoms with E-state index in [9.17, 15) is 0 Å². The van der Waals surface area contributed by atoms with Crippen LogP contribution < -0.4 is 0 Å². The lowest BCUT2D eigenvalue weighted by molar-refractivity contribution is 0.637. The van der Waals surface area contributed by atoms with Crippen molar-refractivity contribution in [1.82, 2.24) is 0 Å². The van der Waals surface area contributed by atoms with Crippen LogP contribution >= 0.6 is 12.4 Å². The van der Waals surface area contributed by atoms with Crippen LogP contribution in [0.15, 0.2) is 12.2 Å². The van der Waals surface area contributed by atoms with Gasteiger partial charge in [-0.3, -0.25) is 0 Å². The van der Waals surface area contributed by atoms with Crippen LogP contribution in [0.5, 0.6) is 0 Å². The molecular formula is C10H21Cl. The second kappa shape index (κ2) is 12.7. The Bertz CT molecular complexity index is 76.9. The third-order valence-electron chi connectivity index (χ3n) is 1.71. The molecule has 0 spiro atoms. The molecular weight excluding hydrogens is 156 g/mol. The zero-order valence-electron chi connectivity index (χ0n) is 7.81. The van der Waals surface area contributed by atoms with Crippen LogP contribution in [0.2, 0.25) is 0 Å². The van der Waals surface area contributed by atoms with Gasteiger partial charge in [0.05, 0.1) is 0 Å². The van der Waals surface area contributed by atoms with Gasteiger partial charge < -0.3 is 0 Å². The number of rotatable bonds is 6. The fraction of sp³-hybridized carbons (Fsp3) is 0.800. The Morgan fingerprint density at radius 2 is 1.64 bits per heavy atom. The molecule has 0 heterocycles. The summed E-state index contributed by atoms with van der Waals surface area (Å²) >= 11 is 0. The summed E-state index contributed by atoms with van der Waals surface area (Å²) in [7, 11) is 0. The molecule has 0 atom stereocenters. The van der Waals surface area contributed by atoms with Gasteiger partial charge in [0.2, 0.25) is 0 Å². The average Bonchev–Trinajstić information content (AvgIpc) is 1.97. The Balaban J connectivity index is 0. The number of allylic oxidation sites excluding steroid dienone is 2. The highest BCUT2D eigenvalue weighted by Gasteiger charge is 1.84. The molecule has 0 amide bonds. The molecule has 68 valence electrons. The SMILES string of the molecule is CC=CCCCCCCC.Cl. The quantitative estimate of drug-likeness (QED) is 0.417. The van der Waals surface area contributed by atoms with Crippen LogP contribution in [0.1, 0.15) is 52.4 Å². The van der Waals surface area contributed by atoms with Gasteiger partial charge in [0.25, 0.3) is 0 Å². The predicted octanol–water partition coefficient (Wildman–Crippen LogP) is 4.34. The first-order chi connectivity index (χ1) is 4.91. The lowest BCUT2D eigenvalue weighted by Crippen LogP contribution is -1.75. The molecule has 0 bridgehead atoms. The van der Waals surface area contributed by atoms with E-state index in [2.05, 4.69) is 26.0 Å². The Kier molecular flexibility index (Phi) is 15.7. The number of unbranched alkanes of at least 4 members (excludes halogenated alkanes) is 5. The molecule has 0 aromatic heterocycles. The average molecular weight is 177 g/mol. The fourth-order valence-electron chi connectivity index (χ4n) is 1.03. The third kappa shape index (κ3) is 13.1. The van der Waals surface area contributed by atoms with Gasteiger partial charge in [-0.2, -0.15) is 0 Å². The van der Waals surface area contributed by atoms with Gasteiger partial charge in [-0.15, -0.1) is 12.4 Å². The minimum absolute atomic E-state index is 0. The molecule has 0 aliphatic carbocycles. The van der Waals surface area contributed by atoms with E-state index < -0.39 is 0 Å². The highest BCUT2D eigenvalue weighted by Crippen LogP contribution is 2.04. The van der Waals surface area contributed by atoms with Gasteiger partial charge >= 0.3 is 0 Å². The first-order valence-electron chi connectivity index (χ1n) is 4.53. The number of hydrogen-bond acceptors (Lipinski definition) is 0. The van der Waals surface area contributed by atoms with E-state index in [1.807, 2.05) is 0 Å². The largest absolute Gasteiger partial charge is 0.147 e. The summed E-state index contributed by atoms with van der Waals surface area (Å²) in [6, 6.07) is 0. The maximum atomic E-state index is 2.26. The molecule has 0 nitrogen and oxygen atoms in total. The second-order valence-corrected chi connectivity index (χ2v) is 2.77. The molecule has 11 heavy (non-hydrogen) atoms. The minimum Gasteiger partial charge on any atom is -0.147 e. The minimum atomic E-state index is 0. The maximum absolute atomic E-state index is 2.26. The van der Waals surface area contributed by atoms with Crippen LogP contribution in [0.3, 0.4) is 0 Å². The summed E-state index contributed by atoms with van der Waals surface area (Å²) in [6.07, 6.45) is 12.7. The first-order valence-corrected chi connectivity index (χ1v) is 4.53. The summed E-state index contributed by atoms with van der Waals surface area (Å²) < 4.78 is 0. The van der Waals surface area contributed by atoms with E-state index in [0.717, 1.165) is 0 Å². The summed E-state index contributed by atoms with van der Waals surface area (Å²) in [5.74, 6) is 0. The summed E-state index contributed by atoms with van der Waals surface area (Å²) in [5, 5.41) is 0. The van der Waals surface area contributed by atoms with Gasteiger partial charge in [-0.05, 0) is 19.8 Å². The van der Waals surface area contributed by atoms with Gasteiger partial charge in [-0.25, -0.2) is 0 Å². The zero-order valence-corrected chi connectivity index (χ0v) is 8.62. The highest BCUT2D eigenvalue weighted by molar-refractivity contribution is 5.85. The van der Waals surface area contributed by atoms with E-state index >= 15 is 0 Å². The monoisotopic (exact) mass is 176 g/mol. The topological polar surface area (TPSA) is 0 Å². The predicted molar refractivity (Wildman–Crippen MR) is 55.4 cm³/mol. The molecule has 0 aromatic rings. The molecule has 1 heteroatoms. The summed E-state index contributed by atoms with van der Waals surface area (Å²) in [5.41, 5.74) is 0. The molecule has 0 aromatic carbocycles. The molecule has 0 N–H and O–H groups in total. The Hall–Kier alpha value is 0.0300. The molecule has 0 aliphatic heterocycles. The molecule has 0 radical (unpaired) electrons. The van der Waals surface area contributed by atoms with Crippen LogP contribution in [-0.2, 0) is 0 Å². The van der Waals surface area contributed by atoms with Crippen LogP contribution in [0.4, 0.5) is 0 Å². The number of halogens is 1. The maximum Gasteiger partial charge on any atom is -0.0351 e. The summed E-state index contributed by atoms with van der Waals surface area (Å²) in [6.45, 7) is 4.35. The molecule has 0 unspecified atom stereocenters. The van der Waals surface area contributed by atoms with E-state index in [4.69, 9.17) is 0 Å². The van der Waals surface area contributed by atoms with Crippen molar-refractivity contribution in [2.45, 2.75) is 52.4 Å². The van der Waals surface area contributed by atoms with E-state index in [-0.39, 0.29) is 12.4 Å². The van der Waals surface area contributed by atoms with E-state index in [1.54, 1.807) is 0 Å². The van der Waals surface area contributed by atoms with Crippen molar-refractivity contribution in [3.63, 3.8) is 0 Å². The van der Waals surface area contributed by atoms with Crippen molar-refractivity contribution in [1.29, 1.82) is 0 Å². The molecule has 0 aliphatic rings. The van der Waals surface area contributed by atoms with Crippen LogP contribution in [-0.4, -0.2) is 0 Å². The molecule has 0 rings (SSSR count). The van der Waals surface area contributed by atoms with Crippen molar-refractivity contribution in [2.75, 3.05) is 0 Å². The van der Waals surface area contributed by atoms with Crippen LogP contribution in [0, 0.1) is 0 Å². The number of hydrogen-bond donors (Lipinski definition) is 0. The normalized spacial score (nSPS) is 10.0. The van der Waals surface area contributed by atoms with Gasteiger partial charge in [-0.1, -0.05) is 44.8 Å². The van der Waals surface area contributed by atoms with Crippen LogP contribution in [0.25, 0.3) is 0 Å². The standard InChI is InChI=1S/C10H20.ClH/c1-3-5-7-9-10-8-6-4-2;/h3,5H,4,6-10H2,1-2H3;1H. The third-order valence-corrected chi connectivity index (χ3v) is 1.71. The Morgan fingerprint density at radius 1 is 1.00 bits per heavy atom. The lowest BCUT2D eigenvalue weighted by atomic mass is 10.1. The second-order valence-electron chi connectivity index (χ2n) is 2.77. The molecule has 0 saturated heterocycles. The summed E-state index contributed by atoms with van der Waals surface area (Å²) in [4.78, 5) is 0. The molecule has 0 fully saturated rings. The van der Waals surface area contributed by atoms with Gasteiger partial charge in [0, 0.05) is 0 Å². The smallest absolute Gasteiger partial charge is 0.0351 e. The molecule has 0 saturated carbocycles. The Labute approximate surface area is 77.5 Å². The van der Waals surface area contributed by atoms with Crippen molar-refractivity contribution in [3.8, 4) is 0 Å². The zero-order chi connectivity index (χ0) is 7.66. The van der Waals surface area contributed by atoms with Crippen molar-refractivity contribution < 1.29 is 0 Å². The van der Waals surface area contributed by atoms with Crippen molar-refractivity contribution >= 4 is 12.4 Å². The lowest BCUT2D eigenvalue weighted by Gasteiger charge is -1.95. The van der Waals surface area contributed by atoms with Crippen molar-refractivity contribution in [2.24, 2.45) is 0 Å². The first kappa shape index (κ1) is 13.6. The fourth-order valence-corrected chi connectivity index (χ4v) is 1.03. The van der Waals surface area contributed by atoms with Gasteiger partial charge in [0.15, 0.2) is 0 Å². The Morgan fingerprint density at radius 3 is 2.18 bits per heavy atom. The van der Waals surface area contributed by atoms with Crippen molar-refractivity contribution in [3.05, 3.63) is 12.2 Å². The van der Waals surface area contributed by atoms with E-state index in [1.165, 1.54) is 38.5 Å². The van der Waals surface area contributed by atoms with E-state index in [0.29, 0.717) is 0 Å². The van der Waals surface area contributed by atoms with Gasteiger partial charge in [0.1, 0.15) is 0 Å².